The molecule has 0 unspecified atom stereocenters. The number of hydrogen-bond acceptors (Lipinski definition) is 3. The molecule has 0 amide bonds. The molecule has 1 aliphatic carbocycles. The van der Waals surface area contributed by atoms with Gasteiger partial charge in [0, 0.05) is 0 Å². The van der Waals surface area contributed by atoms with Gasteiger partial charge in [-0.15, -0.1) is 0 Å². The number of rotatable bonds is 7. The minimum absolute atomic E-state index is 0.236. The van der Waals surface area contributed by atoms with E-state index in [1.807, 2.05) is 36.4 Å². The van der Waals surface area contributed by atoms with Crippen LogP contribution in [-0.4, -0.2) is 17.7 Å². The maximum Gasteiger partial charge on any atom is 0.338 e. The van der Waals surface area contributed by atoms with Crippen LogP contribution in [0.3, 0.4) is 0 Å². The van der Waals surface area contributed by atoms with Crippen LogP contribution in [0.5, 0.6) is 5.75 Å². The molecule has 2 aromatic rings. The summed E-state index contributed by atoms with van der Waals surface area (Å²) in [5, 5.41) is 9.38. The largest absolute Gasteiger partial charge is 0.508 e. The first-order valence-electron chi connectivity index (χ1n) is 10.2. The lowest BCUT2D eigenvalue weighted by molar-refractivity contribution is 0.0393. The van der Waals surface area contributed by atoms with Gasteiger partial charge in [0.1, 0.15) is 5.75 Å². The van der Waals surface area contributed by atoms with Crippen LogP contribution >= 0.6 is 0 Å². The lowest BCUT2D eigenvalue weighted by Gasteiger charge is -2.28. The van der Waals surface area contributed by atoms with Crippen LogP contribution in [0.2, 0.25) is 0 Å². The second kappa shape index (κ2) is 9.59. The molecule has 3 nitrogen and oxygen atoms in total. The Morgan fingerprint density at radius 3 is 2.07 bits per heavy atom. The van der Waals surface area contributed by atoms with Crippen LogP contribution in [-0.2, 0) is 4.74 Å². The summed E-state index contributed by atoms with van der Waals surface area (Å²) in [7, 11) is 0. The van der Waals surface area contributed by atoms with E-state index in [2.05, 4.69) is 6.92 Å². The molecule has 0 radical (unpaired) electrons. The number of phenols is 1. The first-order valence-corrected chi connectivity index (χ1v) is 10.2. The molecule has 3 rings (SSSR count). The SMILES string of the molecule is CCCCC1CCC(COC(=O)c2ccc(-c3ccc(O)cc3)cc2)CC1. The second-order valence-electron chi connectivity index (χ2n) is 7.75. The van der Waals surface area contributed by atoms with E-state index in [0.29, 0.717) is 18.1 Å². The highest BCUT2D eigenvalue weighted by atomic mass is 16.5. The van der Waals surface area contributed by atoms with Gasteiger partial charge in [-0.2, -0.15) is 0 Å². The highest BCUT2D eigenvalue weighted by Crippen LogP contribution is 2.32. The Balaban J connectivity index is 1.47. The zero-order valence-corrected chi connectivity index (χ0v) is 16.2. The van der Waals surface area contributed by atoms with Gasteiger partial charge in [-0.3, -0.25) is 0 Å². The third kappa shape index (κ3) is 5.59. The van der Waals surface area contributed by atoms with E-state index in [0.717, 1.165) is 17.0 Å². The van der Waals surface area contributed by atoms with E-state index in [1.54, 1.807) is 12.1 Å². The third-order valence-corrected chi connectivity index (χ3v) is 5.70. The molecule has 3 heteroatoms. The molecule has 0 heterocycles. The quantitative estimate of drug-likeness (QED) is 0.592. The molecule has 0 atom stereocenters. The van der Waals surface area contributed by atoms with E-state index in [1.165, 1.54) is 44.9 Å². The first kappa shape index (κ1) is 19.5. The van der Waals surface area contributed by atoms with Gasteiger partial charge in [-0.05, 0) is 60.1 Å². The zero-order chi connectivity index (χ0) is 19.1. The maximum absolute atomic E-state index is 12.3. The summed E-state index contributed by atoms with van der Waals surface area (Å²) in [6.07, 6.45) is 8.90. The lowest BCUT2D eigenvalue weighted by Crippen LogP contribution is -2.20. The third-order valence-electron chi connectivity index (χ3n) is 5.70. The molecule has 1 saturated carbocycles. The fraction of sp³-hybridized carbons (Fsp3) is 0.458. The van der Waals surface area contributed by atoms with E-state index in [-0.39, 0.29) is 11.7 Å². The number of unbranched alkanes of at least 4 members (excludes halogenated alkanes) is 1. The standard InChI is InChI=1S/C24H30O3/c1-2-3-4-18-5-7-19(8-6-18)17-27-24(26)22-11-9-20(10-12-22)21-13-15-23(25)16-14-21/h9-16,18-19,25H,2-8,17H2,1H3. The molecule has 0 aromatic heterocycles. The molecule has 144 valence electrons. The second-order valence-corrected chi connectivity index (χ2v) is 7.75. The number of benzene rings is 2. The van der Waals surface area contributed by atoms with Gasteiger partial charge in [0.2, 0.25) is 0 Å². The van der Waals surface area contributed by atoms with Crippen LogP contribution in [0.1, 0.15) is 62.2 Å². The van der Waals surface area contributed by atoms with Crippen LogP contribution < -0.4 is 0 Å². The number of esters is 1. The van der Waals surface area contributed by atoms with Gasteiger partial charge < -0.3 is 9.84 Å². The summed E-state index contributed by atoms with van der Waals surface area (Å²) in [5.41, 5.74) is 2.61. The molecule has 0 bridgehead atoms. The summed E-state index contributed by atoms with van der Waals surface area (Å²) in [6.45, 7) is 2.79. The summed E-state index contributed by atoms with van der Waals surface area (Å²) >= 11 is 0. The van der Waals surface area contributed by atoms with Gasteiger partial charge in [0.15, 0.2) is 0 Å². The smallest absolute Gasteiger partial charge is 0.338 e. The number of ether oxygens (including phenoxy) is 1. The van der Waals surface area contributed by atoms with Crippen molar-refractivity contribution in [1.82, 2.24) is 0 Å². The van der Waals surface area contributed by atoms with Gasteiger partial charge in [0.25, 0.3) is 0 Å². The van der Waals surface area contributed by atoms with Gasteiger partial charge in [-0.1, -0.05) is 63.3 Å². The Morgan fingerprint density at radius 1 is 0.926 bits per heavy atom. The molecule has 1 aliphatic rings. The van der Waals surface area contributed by atoms with Crippen molar-refractivity contribution >= 4 is 5.97 Å². The molecule has 27 heavy (non-hydrogen) atoms. The molecule has 0 spiro atoms. The van der Waals surface area contributed by atoms with Crippen molar-refractivity contribution in [1.29, 1.82) is 0 Å². The fourth-order valence-corrected chi connectivity index (χ4v) is 3.91. The molecule has 0 saturated heterocycles. The Morgan fingerprint density at radius 2 is 1.48 bits per heavy atom. The normalized spacial score (nSPS) is 19.6. The van der Waals surface area contributed by atoms with Crippen molar-refractivity contribution in [3.05, 3.63) is 54.1 Å². The number of carbonyl (C=O) groups is 1. The summed E-state index contributed by atoms with van der Waals surface area (Å²) < 4.78 is 5.57. The Bertz CT molecular complexity index is 710. The average molecular weight is 367 g/mol. The van der Waals surface area contributed by atoms with E-state index in [4.69, 9.17) is 4.74 Å². The van der Waals surface area contributed by atoms with Crippen molar-refractivity contribution in [2.75, 3.05) is 6.61 Å². The number of hydrogen-bond donors (Lipinski definition) is 1. The van der Waals surface area contributed by atoms with Crippen molar-refractivity contribution < 1.29 is 14.6 Å². The van der Waals surface area contributed by atoms with Gasteiger partial charge in [-0.25, -0.2) is 4.79 Å². The predicted octanol–water partition coefficient (Wildman–Crippen LogP) is 6.21. The monoisotopic (exact) mass is 366 g/mol. The summed E-state index contributed by atoms with van der Waals surface area (Å²) in [4.78, 5) is 12.3. The van der Waals surface area contributed by atoms with Crippen LogP contribution in [0, 0.1) is 11.8 Å². The van der Waals surface area contributed by atoms with Crippen LogP contribution in [0.25, 0.3) is 11.1 Å². The fourth-order valence-electron chi connectivity index (χ4n) is 3.91. The summed E-state index contributed by atoms with van der Waals surface area (Å²) in [5.74, 6) is 1.41. The minimum atomic E-state index is -0.236. The summed E-state index contributed by atoms with van der Waals surface area (Å²) in [6, 6.07) is 14.5. The van der Waals surface area contributed by atoms with Crippen molar-refractivity contribution in [2.24, 2.45) is 11.8 Å². The Hall–Kier alpha value is -2.29. The van der Waals surface area contributed by atoms with Gasteiger partial charge >= 0.3 is 5.97 Å². The van der Waals surface area contributed by atoms with Crippen molar-refractivity contribution in [3.63, 3.8) is 0 Å². The van der Waals surface area contributed by atoms with Gasteiger partial charge in [0.05, 0.1) is 12.2 Å². The molecular formula is C24H30O3. The molecular weight excluding hydrogens is 336 g/mol. The molecule has 2 aromatic carbocycles. The number of phenolic OH excluding ortho intramolecular Hbond substituents is 1. The number of carbonyl (C=O) groups excluding carboxylic acids is 1. The lowest BCUT2D eigenvalue weighted by atomic mass is 9.80. The van der Waals surface area contributed by atoms with E-state index >= 15 is 0 Å². The molecule has 1 N–H and O–H groups in total. The average Bonchev–Trinajstić information content (AvgIpc) is 2.72. The van der Waals surface area contributed by atoms with E-state index in [9.17, 15) is 9.90 Å². The first-order chi connectivity index (χ1) is 13.2. The van der Waals surface area contributed by atoms with Crippen LogP contribution in [0.4, 0.5) is 0 Å². The Kier molecular flexibility index (Phi) is 6.92. The van der Waals surface area contributed by atoms with E-state index < -0.39 is 0 Å². The van der Waals surface area contributed by atoms with Crippen molar-refractivity contribution in [3.8, 4) is 16.9 Å². The highest BCUT2D eigenvalue weighted by molar-refractivity contribution is 5.90. The maximum atomic E-state index is 12.3. The van der Waals surface area contributed by atoms with Crippen LogP contribution in [0.15, 0.2) is 48.5 Å². The van der Waals surface area contributed by atoms with Crippen molar-refractivity contribution in [2.45, 2.75) is 51.9 Å². The predicted molar refractivity (Wildman–Crippen MR) is 109 cm³/mol. The highest BCUT2D eigenvalue weighted by Gasteiger charge is 2.22. The topological polar surface area (TPSA) is 46.5 Å². The zero-order valence-electron chi connectivity index (χ0n) is 16.2. The Labute approximate surface area is 162 Å². The minimum Gasteiger partial charge on any atom is -0.508 e. The molecule has 0 aliphatic heterocycles. The number of aromatic hydroxyl groups is 1. The molecule has 1 fully saturated rings.